The van der Waals surface area contributed by atoms with E-state index in [-0.39, 0.29) is 36.8 Å². The summed E-state index contributed by atoms with van der Waals surface area (Å²) in [5, 5.41) is 7.64. The summed E-state index contributed by atoms with van der Waals surface area (Å²) in [7, 11) is -6.67. The molecule has 0 aliphatic carbocycles. The molecule has 1 fully saturated rings. The molecule has 1 aliphatic rings. The smallest absolute Gasteiger partial charge is 0.228 e. The first-order chi connectivity index (χ1) is 7.80. The molecule has 6 nitrogen and oxygen atoms in total. The summed E-state index contributed by atoms with van der Waals surface area (Å²) in [6.45, 7) is 1.62. The molecule has 0 aromatic rings. The molecule has 1 unspecified atom stereocenters. The van der Waals surface area contributed by atoms with Gasteiger partial charge in [0.1, 0.15) is 9.84 Å². The van der Waals surface area contributed by atoms with Crippen LogP contribution in [0.1, 0.15) is 26.2 Å². The minimum atomic E-state index is -3.67. The van der Waals surface area contributed by atoms with Crippen molar-refractivity contribution in [2.45, 2.75) is 37.5 Å². The highest BCUT2D eigenvalue weighted by molar-refractivity contribution is 7.91. The van der Waals surface area contributed by atoms with Crippen LogP contribution in [0.3, 0.4) is 0 Å². The van der Waals surface area contributed by atoms with E-state index in [2.05, 4.69) is 4.72 Å². The lowest BCUT2D eigenvalue weighted by molar-refractivity contribution is 0.502. The maximum Gasteiger partial charge on any atom is 0.228 e. The first kappa shape index (κ1) is 14.4. The summed E-state index contributed by atoms with van der Waals surface area (Å²) in [6, 6.07) is 1.36. The molecule has 8 heteroatoms. The summed E-state index contributed by atoms with van der Waals surface area (Å²) in [5.74, 6) is 0.00701. The maximum atomic E-state index is 11.7. The van der Waals surface area contributed by atoms with E-state index in [4.69, 9.17) is 5.26 Å². The van der Waals surface area contributed by atoms with Gasteiger partial charge in [0.2, 0.25) is 10.0 Å². The summed E-state index contributed by atoms with van der Waals surface area (Å²) in [6.07, 6.45) is 0.781. The van der Waals surface area contributed by atoms with Crippen LogP contribution in [0.5, 0.6) is 0 Å². The summed E-state index contributed by atoms with van der Waals surface area (Å²) in [5.41, 5.74) is 0. The second-order valence-electron chi connectivity index (χ2n) is 4.11. The highest BCUT2D eigenvalue weighted by atomic mass is 32.2. The van der Waals surface area contributed by atoms with Crippen molar-refractivity contribution in [1.82, 2.24) is 4.72 Å². The van der Waals surface area contributed by atoms with Crippen LogP contribution >= 0.6 is 0 Å². The zero-order chi connectivity index (χ0) is 13.1. The molecule has 0 bridgehead atoms. The lowest BCUT2D eigenvalue weighted by atomic mass is 10.2. The number of nitrogens with one attached hydrogen (secondary N) is 1. The second-order valence-corrected chi connectivity index (χ2v) is 8.31. The molecule has 0 aromatic heterocycles. The van der Waals surface area contributed by atoms with Crippen LogP contribution < -0.4 is 4.72 Å². The summed E-state index contributed by atoms with van der Waals surface area (Å²) < 4.78 is 48.3. The summed E-state index contributed by atoms with van der Waals surface area (Å²) >= 11 is 0. The molecule has 1 atom stereocenters. The minimum Gasteiger partial charge on any atom is -0.229 e. The normalized spacial score (nSPS) is 22.8. The molecule has 17 heavy (non-hydrogen) atoms. The predicted octanol–water partition coefficient (Wildman–Crippen LogP) is -0.215. The Bertz CT molecular complexity index is 490. The molecule has 0 aromatic carbocycles. The highest BCUT2D eigenvalue weighted by Gasteiger charge is 2.30. The molecule has 0 radical (unpaired) electrons. The molecule has 0 saturated carbocycles. The van der Waals surface area contributed by atoms with Crippen LogP contribution in [0.4, 0.5) is 0 Å². The predicted molar refractivity (Wildman–Crippen MR) is 63.4 cm³/mol. The van der Waals surface area contributed by atoms with Crippen LogP contribution in [0, 0.1) is 11.3 Å². The largest absolute Gasteiger partial charge is 0.229 e. The molecule has 1 saturated heterocycles. The quantitative estimate of drug-likeness (QED) is 0.767. The number of nitrogens with zero attached hydrogens (tertiary/aromatic N) is 1. The van der Waals surface area contributed by atoms with E-state index in [0.29, 0.717) is 0 Å². The fourth-order valence-electron chi connectivity index (χ4n) is 1.70. The van der Waals surface area contributed by atoms with Crippen LogP contribution in [0.2, 0.25) is 0 Å². The Labute approximate surface area is 102 Å². The molecule has 0 amide bonds. The van der Waals surface area contributed by atoms with E-state index >= 15 is 0 Å². The first-order valence-electron chi connectivity index (χ1n) is 5.42. The zero-order valence-corrected chi connectivity index (χ0v) is 11.2. The van der Waals surface area contributed by atoms with Crippen molar-refractivity contribution in [3.8, 4) is 6.07 Å². The average Bonchev–Trinajstić information content (AvgIpc) is 2.22. The number of nitriles is 1. The van der Waals surface area contributed by atoms with Gasteiger partial charge in [-0.2, -0.15) is 5.26 Å². The molecule has 1 heterocycles. The van der Waals surface area contributed by atoms with Gasteiger partial charge < -0.3 is 0 Å². The molecule has 1 aliphatic heterocycles. The van der Waals surface area contributed by atoms with Gasteiger partial charge >= 0.3 is 0 Å². The molecule has 1 N–H and O–H groups in total. The van der Waals surface area contributed by atoms with Crippen LogP contribution in [-0.2, 0) is 19.9 Å². The standard InChI is InChI=1S/C9H16N2O4S2/c1-2-9(7-10)17(14,15)11-8-3-5-16(12,13)6-4-8/h8-9,11H,2-6H2,1H3. The molecule has 98 valence electrons. The number of hydrogen-bond donors (Lipinski definition) is 1. The van der Waals surface area contributed by atoms with Crippen molar-refractivity contribution < 1.29 is 16.8 Å². The van der Waals surface area contributed by atoms with Crippen LogP contribution in [0.15, 0.2) is 0 Å². The molecular weight excluding hydrogens is 264 g/mol. The Hall–Kier alpha value is -0.650. The third-order valence-electron chi connectivity index (χ3n) is 2.77. The average molecular weight is 280 g/mol. The number of sulfonamides is 1. The number of sulfone groups is 1. The van der Waals surface area contributed by atoms with E-state index in [1.54, 1.807) is 13.0 Å². The fourth-order valence-corrected chi connectivity index (χ4v) is 4.64. The van der Waals surface area contributed by atoms with Gasteiger partial charge in [0.05, 0.1) is 17.6 Å². The first-order valence-corrected chi connectivity index (χ1v) is 8.78. The minimum absolute atomic E-state index is 0.00350. The van der Waals surface area contributed by atoms with Crippen molar-refractivity contribution >= 4 is 19.9 Å². The van der Waals surface area contributed by atoms with Crippen LogP contribution in [-0.4, -0.2) is 39.6 Å². The van der Waals surface area contributed by atoms with E-state index in [1.807, 2.05) is 0 Å². The Balaban J connectivity index is 2.65. The van der Waals surface area contributed by atoms with Gasteiger partial charge in [-0.3, -0.25) is 0 Å². The molecular formula is C9H16N2O4S2. The Morgan fingerprint density at radius 1 is 1.41 bits per heavy atom. The highest BCUT2D eigenvalue weighted by Crippen LogP contribution is 2.14. The van der Waals surface area contributed by atoms with Crippen molar-refractivity contribution in [2.24, 2.45) is 0 Å². The Morgan fingerprint density at radius 3 is 2.35 bits per heavy atom. The SMILES string of the molecule is CCC(C#N)S(=O)(=O)NC1CCS(=O)(=O)CC1. The van der Waals surface area contributed by atoms with Gasteiger partial charge in [0, 0.05) is 6.04 Å². The Morgan fingerprint density at radius 2 is 1.94 bits per heavy atom. The fraction of sp³-hybridized carbons (Fsp3) is 0.889. The maximum absolute atomic E-state index is 11.7. The number of rotatable bonds is 4. The van der Waals surface area contributed by atoms with Gasteiger partial charge in [0.15, 0.2) is 5.25 Å². The zero-order valence-electron chi connectivity index (χ0n) is 9.59. The third-order valence-corrected chi connectivity index (χ3v) is 6.34. The second kappa shape index (κ2) is 5.33. The lowest BCUT2D eigenvalue weighted by Gasteiger charge is -2.23. The van der Waals surface area contributed by atoms with E-state index in [9.17, 15) is 16.8 Å². The van der Waals surface area contributed by atoms with E-state index < -0.39 is 25.1 Å². The lowest BCUT2D eigenvalue weighted by Crippen LogP contribution is -2.44. The van der Waals surface area contributed by atoms with Crippen molar-refractivity contribution in [2.75, 3.05) is 11.5 Å². The molecule has 1 rings (SSSR count). The van der Waals surface area contributed by atoms with Gasteiger partial charge in [0.25, 0.3) is 0 Å². The van der Waals surface area contributed by atoms with Gasteiger partial charge in [-0.25, -0.2) is 21.6 Å². The van der Waals surface area contributed by atoms with E-state index in [1.165, 1.54) is 0 Å². The molecule has 0 spiro atoms. The Kier molecular flexibility index (Phi) is 4.52. The van der Waals surface area contributed by atoms with Crippen LogP contribution in [0.25, 0.3) is 0 Å². The van der Waals surface area contributed by atoms with Crippen molar-refractivity contribution in [3.63, 3.8) is 0 Å². The van der Waals surface area contributed by atoms with E-state index in [0.717, 1.165) is 0 Å². The summed E-state index contributed by atoms with van der Waals surface area (Å²) in [4.78, 5) is 0. The van der Waals surface area contributed by atoms with Gasteiger partial charge in [-0.15, -0.1) is 0 Å². The number of hydrogen-bond acceptors (Lipinski definition) is 5. The van der Waals surface area contributed by atoms with Crippen molar-refractivity contribution in [3.05, 3.63) is 0 Å². The topological polar surface area (TPSA) is 104 Å². The van der Waals surface area contributed by atoms with Crippen molar-refractivity contribution in [1.29, 1.82) is 5.26 Å². The van der Waals surface area contributed by atoms with Gasteiger partial charge in [-0.05, 0) is 19.3 Å². The monoisotopic (exact) mass is 280 g/mol. The third kappa shape index (κ3) is 3.94. The van der Waals surface area contributed by atoms with Gasteiger partial charge in [-0.1, -0.05) is 6.92 Å².